The van der Waals surface area contributed by atoms with E-state index in [9.17, 15) is 14.4 Å². The molecule has 0 aliphatic heterocycles. The Morgan fingerprint density at radius 1 is 0.914 bits per heavy atom. The van der Waals surface area contributed by atoms with Crippen LogP contribution in [0.4, 0.5) is 0 Å². The van der Waals surface area contributed by atoms with Gasteiger partial charge in [0, 0.05) is 25.7 Å². The van der Waals surface area contributed by atoms with Gasteiger partial charge in [-0.15, -0.1) is 0 Å². The van der Waals surface area contributed by atoms with Crippen LogP contribution >= 0.6 is 0 Å². The van der Waals surface area contributed by atoms with Gasteiger partial charge in [0.05, 0.1) is 7.11 Å². The SMILES string of the molecule is COC(=O)CC[C@H](C)[C@H]1CC[C@H]2[C@@H]3CC[C@@H]4C[C@H](OC(C)=O)CC[C@]4(C)[C@H]3C[C@H](OC(C)=O)[C@]12C. The summed E-state index contributed by atoms with van der Waals surface area (Å²) in [6.07, 6.45) is 9.87. The second kappa shape index (κ2) is 10.0. The molecule has 0 bridgehead atoms. The van der Waals surface area contributed by atoms with Gasteiger partial charge in [-0.1, -0.05) is 20.8 Å². The second-order valence-corrected chi connectivity index (χ2v) is 12.6. The maximum absolute atomic E-state index is 12.3. The van der Waals surface area contributed by atoms with E-state index in [0.29, 0.717) is 41.9 Å². The fourth-order valence-electron chi connectivity index (χ4n) is 9.48. The molecule has 0 aromatic carbocycles. The quantitative estimate of drug-likeness (QED) is 0.351. The standard InChI is InChI=1S/C29H46O6/c1-17(7-12-27(32)33-6)23-10-11-24-22-9-8-20-15-21(34-18(2)30)13-14-28(20,4)25(22)16-26(29(23,24)5)35-19(3)31/h17,20-26H,7-16H2,1-6H3/t17-,20+,21+,22-,23+,24-,25-,26-,28-,29+/m0/s1. The molecule has 0 amide bonds. The Bertz CT molecular complexity index is 824. The number of carbonyl (C=O) groups excluding carboxylic acids is 3. The molecular formula is C29H46O6. The summed E-state index contributed by atoms with van der Waals surface area (Å²) >= 11 is 0. The van der Waals surface area contributed by atoms with E-state index in [4.69, 9.17) is 14.2 Å². The number of rotatable bonds is 6. The Balaban J connectivity index is 1.58. The Morgan fingerprint density at radius 3 is 2.29 bits per heavy atom. The van der Waals surface area contributed by atoms with Gasteiger partial charge < -0.3 is 14.2 Å². The van der Waals surface area contributed by atoms with Crippen molar-refractivity contribution < 1.29 is 28.6 Å². The number of esters is 3. The van der Waals surface area contributed by atoms with Gasteiger partial charge in [0.1, 0.15) is 12.2 Å². The van der Waals surface area contributed by atoms with Gasteiger partial charge in [-0.05, 0) is 98.7 Å². The summed E-state index contributed by atoms with van der Waals surface area (Å²) in [6, 6.07) is 0. The summed E-state index contributed by atoms with van der Waals surface area (Å²) in [5.41, 5.74) is 0.147. The summed E-state index contributed by atoms with van der Waals surface area (Å²) in [5.74, 6) is 2.60. The van der Waals surface area contributed by atoms with Crippen molar-refractivity contribution in [2.24, 2.45) is 46.3 Å². The Labute approximate surface area is 211 Å². The van der Waals surface area contributed by atoms with Crippen LogP contribution in [-0.2, 0) is 28.6 Å². The molecule has 4 fully saturated rings. The third-order valence-corrected chi connectivity index (χ3v) is 11.1. The summed E-state index contributed by atoms with van der Waals surface area (Å²) in [6.45, 7) is 10.2. The first-order chi connectivity index (χ1) is 16.5. The highest BCUT2D eigenvalue weighted by atomic mass is 16.5. The molecule has 10 atom stereocenters. The number of fused-ring (bicyclic) bond motifs is 5. The number of methoxy groups -OCH3 is 1. The van der Waals surface area contributed by atoms with E-state index < -0.39 is 0 Å². The predicted octanol–water partition coefficient (Wildman–Crippen LogP) is 5.71. The van der Waals surface area contributed by atoms with Crippen molar-refractivity contribution in [1.82, 2.24) is 0 Å². The average molecular weight is 491 g/mol. The molecule has 4 rings (SSSR count). The Morgan fingerprint density at radius 2 is 1.63 bits per heavy atom. The highest BCUT2D eigenvalue weighted by Crippen LogP contribution is 2.69. The maximum Gasteiger partial charge on any atom is 0.305 e. The Kier molecular flexibility index (Phi) is 7.60. The van der Waals surface area contributed by atoms with Gasteiger partial charge in [0.15, 0.2) is 0 Å². The molecule has 0 saturated heterocycles. The summed E-state index contributed by atoms with van der Waals surface area (Å²) in [4.78, 5) is 35.7. The highest BCUT2D eigenvalue weighted by Gasteiger charge is 2.65. The van der Waals surface area contributed by atoms with E-state index in [1.807, 2.05) is 0 Å². The number of hydrogen-bond donors (Lipinski definition) is 0. The minimum atomic E-state index is -0.183. The number of hydrogen-bond acceptors (Lipinski definition) is 6. The van der Waals surface area contributed by atoms with Gasteiger partial charge in [0.2, 0.25) is 0 Å². The number of carbonyl (C=O) groups is 3. The fraction of sp³-hybridized carbons (Fsp3) is 0.897. The van der Waals surface area contributed by atoms with Crippen molar-refractivity contribution in [3.8, 4) is 0 Å². The molecule has 0 spiro atoms. The van der Waals surface area contributed by atoms with E-state index in [0.717, 1.165) is 38.5 Å². The maximum atomic E-state index is 12.3. The first-order valence-corrected chi connectivity index (χ1v) is 13.9. The molecule has 0 heterocycles. The van der Waals surface area contributed by atoms with Gasteiger partial charge in [-0.2, -0.15) is 0 Å². The molecular weight excluding hydrogens is 444 g/mol. The minimum absolute atomic E-state index is 0.0479. The molecule has 4 aliphatic carbocycles. The predicted molar refractivity (Wildman–Crippen MR) is 132 cm³/mol. The van der Waals surface area contributed by atoms with Gasteiger partial charge in [-0.3, -0.25) is 14.4 Å². The third-order valence-electron chi connectivity index (χ3n) is 11.1. The lowest BCUT2D eigenvalue weighted by atomic mass is 9.43. The van der Waals surface area contributed by atoms with E-state index in [1.165, 1.54) is 33.3 Å². The lowest BCUT2D eigenvalue weighted by molar-refractivity contribution is -0.197. The van der Waals surface area contributed by atoms with E-state index >= 15 is 0 Å². The van der Waals surface area contributed by atoms with Crippen molar-refractivity contribution in [2.75, 3.05) is 7.11 Å². The van der Waals surface area contributed by atoms with E-state index in [-0.39, 0.29) is 40.9 Å². The van der Waals surface area contributed by atoms with Crippen molar-refractivity contribution >= 4 is 17.9 Å². The van der Waals surface area contributed by atoms with Crippen LogP contribution in [0.1, 0.15) is 98.8 Å². The first-order valence-electron chi connectivity index (χ1n) is 13.9. The zero-order valence-electron chi connectivity index (χ0n) is 22.6. The van der Waals surface area contributed by atoms with Crippen LogP contribution < -0.4 is 0 Å². The molecule has 0 aromatic rings. The summed E-state index contributed by atoms with van der Waals surface area (Å²) in [5, 5.41) is 0. The molecule has 6 nitrogen and oxygen atoms in total. The molecule has 4 aliphatic rings. The highest BCUT2D eigenvalue weighted by molar-refractivity contribution is 5.69. The van der Waals surface area contributed by atoms with Crippen LogP contribution in [-0.4, -0.2) is 37.2 Å². The molecule has 4 saturated carbocycles. The topological polar surface area (TPSA) is 78.9 Å². The molecule has 6 heteroatoms. The van der Waals surface area contributed by atoms with E-state index in [2.05, 4.69) is 20.8 Å². The van der Waals surface area contributed by atoms with Gasteiger partial charge in [0.25, 0.3) is 0 Å². The second-order valence-electron chi connectivity index (χ2n) is 12.6. The molecule has 0 unspecified atom stereocenters. The summed E-state index contributed by atoms with van der Waals surface area (Å²) in [7, 11) is 1.45. The van der Waals surface area contributed by atoms with Gasteiger partial charge in [-0.25, -0.2) is 0 Å². The van der Waals surface area contributed by atoms with E-state index in [1.54, 1.807) is 6.92 Å². The van der Waals surface area contributed by atoms with Crippen molar-refractivity contribution in [3.05, 3.63) is 0 Å². The van der Waals surface area contributed by atoms with Crippen LogP contribution in [0.2, 0.25) is 0 Å². The molecule has 35 heavy (non-hydrogen) atoms. The normalized spacial score (nSPS) is 43.2. The molecule has 198 valence electrons. The fourth-order valence-corrected chi connectivity index (χ4v) is 9.48. The van der Waals surface area contributed by atoms with Crippen LogP contribution in [0.25, 0.3) is 0 Å². The van der Waals surface area contributed by atoms with Gasteiger partial charge >= 0.3 is 17.9 Å². The largest absolute Gasteiger partial charge is 0.469 e. The minimum Gasteiger partial charge on any atom is -0.469 e. The molecule has 0 N–H and O–H groups in total. The average Bonchev–Trinajstić information content (AvgIpc) is 3.16. The molecule has 0 radical (unpaired) electrons. The third kappa shape index (κ3) is 4.75. The van der Waals surface area contributed by atoms with Crippen molar-refractivity contribution in [3.63, 3.8) is 0 Å². The van der Waals surface area contributed by atoms with Crippen LogP contribution in [0.15, 0.2) is 0 Å². The smallest absolute Gasteiger partial charge is 0.305 e. The molecule has 0 aromatic heterocycles. The van der Waals surface area contributed by atoms with Crippen LogP contribution in [0.3, 0.4) is 0 Å². The first kappa shape index (κ1) is 26.5. The monoisotopic (exact) mass is 490 g/mol. The Hall–Kier alpha value is -1.59. The van der Waals surface area contributed by atoms with Crippen LogP contribution in [0.5, 0.6) is 0 Å². The lowest BCUT2D eigenvalue weighted by Crippen LogP contribution is -2.59. The summed E-state index contributed by atoms with van der Waals surface area (Å²) < 4.78 is 16.7. The number of ether oxygens (including phenoxy) is 3. The zero-order valence-corrected chi connectivity index (χ0v) is 22.6. The van der Waals surface area contributed by atoms with Crippen molar-refractivity contribution in [2.45, 2.75) is 111 Å². The van der Waals surface area contributed by atoms with Crippen LogP contribution in [0, 0.1) is 46.3 Å². The van der Waals surface area contributed by atoms with Crippen molar-refractivity contribution in [1.29, 1.82) is 0 Å². The lowest BCUT2D eigenvalue weighted by Gasteiger charge is -2.62. The zero-order chi connectivity index (χ0) is 25.5.